The number of hydrogen-bond acceptors (Lipinski definition) is 3. The Morgan fingerprint density at radius 2 is 2.25 bits per heavy atom. The molecule has 0 saturated heterocycles. The zero-order valence-electron chi connectivity index (χ0n) is 8.12. The maximum absolute atomic E-state index is 5.55. The molecule has 0 spiro atoms. The van der Waals surface area contributed by atoms with Crippen molar-refractivity contribution in [2.75, 3.05) is 26.8 Å². The summed E-state index contributed by atoms with van der Waals surface area (Å²) in [6.07, 6.45) is 2.68. The third-order valence-corrected chi connectivity index (χ3v) is 2.38. The quantitative estimate of drug-likeness (QED) is 0.632. The van der Waals surface area contributed by atoms with Crippen molar-refractivity contribution in [3.8, 4) is 0 Å². The lowest BCUT2D eigenvalue weighted by atomic mass is 10.3. The molecule has 0 radical (unpaired) electrons. The smallest absolute Gasteiger partial charge is 0.0615 e. The molecule has 2 N–H and O–H groups in total. The highest BCUT2D eigenvalue weighted by Crippen LogP contribution is 2.28. The Balaban J connectivity index is 2.29. The molecule has 1 unspecified atom stereocenters. The Labute approximate surface area is 74.9 Å². The predicted octanol–water partition coefficient (Wildman–Crippen LogP) is 0.444. The summed E-state index contributed by atoms with van der Waals surface area (Å²) >= 11 is 0. The SMILES string of the molecule is COCC(C)N(CCN)C1CC1. The second-order valence-electron chi connectivity index (χ2n) is 3.56. The number of nitrogens with zero attached hydrogens (tertiary/aromatic N) is 1. The van der Waals surface area contributed by atoms with Crippen molar-refractivity contribution in [2.45, 2.75) is 31.8 Å². The van der Waals surface area contributed by atoms with E-state index in [0.717, 1.165) is 25.7 Å². The molecule has 3 heteroatoms. The summed E-state index contributed by atoms with van der Waals surface area (Å²) in [6, 6.07) is 1.31. The molecule has 1 rings (SSSR count). The van der Waals surface area contributed by atoms with Crippen molar-refractivity contribution in [1.29, 1.82) is 0 Å². The molecule has 1 saturated carbocycles. The molecule has 1 aliphatic carbocycles. The molecule has 0 heterocycles. The normalized spacial score (nSPS) is 20.0. The van der Waals surface area contributed by atoms with E-state index in [0.29, 0.717) is 6.04 Å². The number of methoxy groups -OCH3 is 1. The van der Waals surface area contributed by atoms with Crippen LogP contribution in [-0.2, 0) is 4.74 Å². The van der Waals surface area contributed by atoms with Gasteiger partial charge in [-0.25, -0.2) is 0 Å². The highest BCUT2D eigenvalue weighted by Gasteiger charge is 2.31. The fourth-order valence-electron chi connectivity index (χ4n) is 1.66. The van der Waals surface area contributed by atoms with Crippen LogP contribution in [0.1, 0.15) is 19.8 Å². The maximum Gasteiger partial charge on any atom is 0.0615 e. The summed E-state index contributed by atoms with van der Waals surface area (Å²) in [7, 11) is 1.75. The van der Waals surface area contributed by atoms with Gasteiger partial charge in [0, 0.05) is 32.3 Å². The molecular weight excluding hydrogens is 152 g/mol. The van der Waals surface area contributed by atoms with Gasteiger partial charge in [-0.1, -0.05) is 0 Å². The molecule has 0 aliphatic heterocycles. The molecular formula is C9H20N2O. The molecule has 1 fully saturated rings. The van der Waals surface area contributed by atoms with Crippen LogP contribution in [0.4, 0.5) is 0 Å². The van der Waals surface area contributed by atoms with Crippen LogP contribution in [0.15, 0.2) is 0 Å². The van der Waals surface area contributed by atoms with Crippen molar-refractivity contribution < 1.29 is 4.74 Å². The van der Waals surface area contributed by atoms with E-state index in [2.05, 4.69) is 11.8 Å². The summed E-state index contributed by atoms with van der Waals surface area (Å²) in [4.78, 5) is 2.46. The van der Waals surface area contributed by atoms with Gasteiger partial charge in [-0.3, -0.25) is 4.90 Å². The molecule has 0 amide bonds. The van der Waals surface area contributed by atoms with Crippen molar-refractivity contribution in [3.63, 3.8) is 0 Å². The van der Waals surface area contributed by atoms with Gasteiger partial charge in [0.25, 0.3) is 0 Å². The van der Waals surface area contributed by atoms with Crippen molar-refractivity contribution in [3.05, 3.63) is 0 Å². The van der Waals surface area contributed by atoms with Crippen molar-refractivity contribution in [1.82, 2.24) is 4.90 Å². The minimum Gasteiger partial charge on any atom is -0.383 e. The summed E-state index contributed by atoms with van der Waals surface area (Å²) < 4.78 is 5.13. The first-order valence-corrected chi connectivity index (χ1v) is 4.74. The van der Waals surface area contributed by atoms with Gasteiger partial charge in [0.1, 0.15) is 0 Å². The summed E-state index contributed by atoms with van der Waals surface area (Å²) in [6.45, 7) is 4.79. The topological polar surface area (TPSA) is 38.5 Å². The van der Waals surface area contributed by atoms with Crippen LogP contribution >= 0.6 is 0 Å². The minimum absolute atomic E-state index is 0.519. The highest BCUT2D eigenvalue weighted by atomic mass is 16.5. The standard InChI is InChI=1S/C9H20N2O/c1-8(7-12-2)11(6-5-10)9-3-4-9/h8-9H,3-7,10H2,1-2H3. The van der Waals surface area contributed by atoms with Gasteiger partial charge in [0.15, 0.2) is 0 Å². The first-order chi connectivity index (χ1) is 5.79. The van der Waals surface area contributed by atoms with E-state index in [4.69, 9.17) is 10.5 Å². The van der Waals surface area contributed by atoms with Gasteiger partial charge < -0.3 is 10.5 Å². The lowest BCUT2D eigenvalue weighted by Gasteiger charge is -2.27. The minimum atomic E-state index is 0.519. The Hall–Kier alpha value is -0.120. The largest absolute Gasteiger partial charge is 0.383 e. The van der Waals surface area contributed by atoms with E-state index >= 15 is 0 Å². The van der Waals surface area contributed by atoms with E-state index in [1.807, 2.05) is 0 Å². The van der Waals surface area contributed by atoms with Gasteiger partial charge >= 0.3 is 0 Å². The first-order valence-electron chi connectivity index (χ1n) is 4.74. The van der Waals surface area contributed by atoms with Crippen LogP contribution < -0.4 is 5.73 Å². The molecule has 1 atom stereocenters. The van der Waals surface area contributed by atoms with Crippen molar-refractivity contribution >= 4 is 0 Å². The number of nitrogens with two attached hydrogens (primary N) is 1. The third-order valence-electron chi connectivity index (χ3n) is 2.38. The molecule has 0 aromatic carbocycles. The third kappa shape index (κ3) is 2.73. The van der Waals surface area contributed by atoms with E-state index in [1.165, 1.54) is 12.8 Å². The van der Waals surface area contributed by atoms with Crippen LogP contribution in [0.3, 0.4) is 0 Å². The van der Waals surface area contributed by atoms with E-state index < -0.39 is 0 Å². The lowest BCUT2D eigenvalue weighted by Crippen LogP contribution is -2.41. The molecule has 0 aromatic rings. The van der Waals surface area contributed by atoms with E-state index in [1.54, 1.807) is 7.11 Å². The van der Waals surface area contributed by atoms with Crippen molar-refractivity contribution in [2.24, 2.45) is 5.73 Å². The monoisotopic (exact) mass is 172 g/mol. The zero-order chi connectivity index (χ0) is 8.97. The first kappa shape index (κ1) is 9.96. The summed E-state index contributed by atoms with van der Waals surface area (Å²) in [5.74, 6) is 0. The van der Waals surface area contributed by atoms with E-state index in [-0.39, 0.29) is 0 Å². The average molecular weight is 172 g/mol. The van der Waals surface area contributed by atoms with Gasteiger partial charge in [-0.05, 0) is 19.8 Å². The van der Waals surface area contributed by atoms with E-state index in [9.17, 15) is 0 Å². The second-order valence-corrected chi connectivity index (χ2v) is 3.56. The Morgan fingerprint density at radius 3 is 2.67 bits per heavy atom. The average Bonchev–Trinajstić information content (AvgIpc) is 2.83. The fourth-order valence-corrected chi connectivity index (χ4v) is 1.66. The molecule has 12 heavy (non-hydrogen) atoms. The van der Waals surface area contributed by atoms with Crippen LogP contribution in [-0.4, -0.2) is 43.8 Å². The van der Waals surface area contributed by atoms with Crippen LogP contribution in [0.5, 0.6) is 0 Å². The maximum atomic E-state index is 5.55. The molecule has 72 valence electrons. The fraction of sp³-hybridized carbons (Fsp3) is 1.00. The second kappa shape index (κ2) is 4.80. The Morgan fingerprint density at radius 1 is 1.58 bits per heavy atom. The summed E-state index contributed by atoms with van der Waals surface area (Å²) in [5, 5.41) is 0. The van der Waals surface area contributed by atoms with Crippen LogP contribution in [0.25, 0.3) is 0 Å². The van der Waals surface area contributed by atoms with Crippen LogP contribution in [0, 0.1) is 0 Å². The molecule has 1 aliphatic rings. The number of hydrogen-bond donors (Lipinski definition) is 1. The molecule has 3 nitrogen and oxygen atoms in total. The van der Waals surface area contributed by atoms with Gasteiger partial charge in [-0.15, -0.1) is 0 Å². The Bertz CT molecular complexity index is 126. The Kier molecular flexibility index (Phi) is 3.98. The van der Waals surface area contributed by atoms with Gasteiger partial charge in [0.05, 0.1) is 6.61 Å². The molecule has 0 bridgehead atoms. The predicted molar refractivity (Wildman–Crippen MR) is 50.1 cm³/mol. The number of rotatable bonds is 6. The molecule has 0 aromatic heterocycles. The number of ether oxygens (including phenoxy) is 1. The van der Waals surface area contributed by atoms with Gasteiger partial charge in [-0.2, -0.15) is 0 Å². The lowest BCUT2D eigenvalue weighted by molar-refractivity contribution is 0.0961. The van der Waals surface area contributed by atoms with Gasteiger partial charge in [0.2, 0.25) is 0 Å². The highest BCUT2D eigenvalue weighted by molar-refractivity contribution is 4.87. The summed E-state index contributed by atoms with van der Waals surface area (Å²) in [5.41, 5.74) is 5.55. The van der Waals surface area contributed by atoms with Crippen LogP contribution in [0.2, 0.25) is 0 Å². The zero-order valence-corrected chi connectivity index (χ0v) is 8.12.